The monoisotopic (exact) mass is 328 g/mol. The van der Waals surface area contributed by atoms with E-state index in [1.165, 1.54) is 6.20 Å². The van der Waals surface area contributed by atoms with Gasteiger partial charge in [-0.15, -0.1) is 0 Å². The molecule has 0 amide bonds. The molecule has 0 saturated carbocycles. The van der Waals surface area contributed by atoms with Gasteiger partial charge < -0.3 is 9.30 Å². The molecule has 0 fully saturated rings. The molecular formula is C14H17ClN2O3S. The average Bonchev–Trinajstić information content (AvgIpc) is 2.83. The molecule has 0 N–H and O–H groups in total. The highest BCUT2D eigenvalue weighted by molar-refractivity contribution is 8.13. The first kappa shape index (κ1) is 15.9. The maximum Gasteiger partial charge on any atom is 0.280 e. The zero-order valence-electron chi connectivity index (χ0n) is 11.9. The summed E-state index contributed by atoms with van der Waals surface area (Å²) in [6.07, 6.45) is 3.02. The third kappa shape index (κ3) is 3.77. The van der Waals surface area contributed by atoms with Crippen LogP contribution in [0, 0.1) is 0 Å². The van der Waals surface area contributed by atoms with E-state index in [-0.39, 0.29) is 5.03 Å². The molecule has 5 nitrogen and oxygen atoms in total. The lowest BCUT2D eigenvalue weighted by atomic mass is 10.2. The first-order valence-electron chi connectivity index (χ1n) is 6.58. The molecule has 2 rings (SSSR count). The Bertz CT molecular complexity index is 726. The van der Waals surface area contributed by atoms with Crippen molar-refractivity contribution in [2.24, 2.45) is 0 Å². The summed E-state index contributed by atoms with van der Waals surface area (Å²) >= 11 is 0. The molecule has 0 unspecified atom stereocenters. The van der Waals surface area contributed by atoms with Crippen LogP contribution in [0.4, 0.5) is 0 Å². The van der Waals surface area contributed by atoms with Gasteiger partial charge >= 0.3 is 0 Å². The number of hydrogen-bond donors (Lipinski definition) is 0. The topological polar surface area (TPSA) is 61.2 Å². The van der Waals surface area contributed by atoms with Gasteiger partial charge in [-0.3, -0.25) is 0 Å². The van der Waals surface area contributed by atoms with Crippen molar-refractivity contribution in [1.29, 1.82) is 0 Å². The van der Waals surface area contributed by atoms with E-state index >= 15 is 0 Å². The van der Waals surface area contributed by atoms with Gasteiger partial charge in [-0.2, -0.15) is 0 Å². The molecule has 0 aliphatic rings. The van der Waals surface area contributed by atoms with Gasteiger partial charge in [0.15, 0.2) is 5.03 Å². The van der Waals surface area contributed by atoms with Gasteiger partial charge in [-0.1, -0.05) is 25.1 Å². The number of aryl methyl sites for hydroxylation is 1. The lowest BCUT2D eigenvalue weighted by Gasteiger charge is -2.10. The molecule has 0 atom stereocenters. The van der Waals surface area contributed by atoms with Crippen LogP contribution >= 0.6 is 10.7 Å². The molecule has 0 spiro atoms. The number of halogens is 1. The Kier molecular flexibility index (Phi) is 4.90. The van der Waals surface area contributed by atoms with Crippen LogP contribution in [0.5, 0.6) is 5.75 Å². The van der Waals surface area contributed by atoms with Crippen LogP contribution in [0.25, 0.3) is 0 Å². The highest BCUT2D eigenvalue weighted by atomic mass is 35.7. The summed E-state index contributed by atoms with van der Waals surface area (Å²) in [5.74, 6) is 1.45. The molecule has 114 valence electrons. The minimum atomic E-state index is -3.82. The molecule has 0 bridgehead atoms. The third-order valence-electron chi connectivity index (χ3n) is 3.09. The zero-order valence-corrected chi connectivity index (χ0v) is 13.5. The standard InChI is InChI=1S/C14H17ClN2O3S/c1-3-6-13-16-14(21(15,18)19)10-17(13)9-11-7-4-5-8-12(11)20-2/h4-5,7-8,10H,3,6,9H2,1-2H3. The number of para-hydroxylation sites is 1. The highest BCUT2D eigenvalue weighted by Gasteiger charge is 2.18. The first-order chi connectivity index (χ1) is 9.95. The highest BCUT2D eigenvalue weighted by Crippen LogP contribution is 2.21. The van der Waals surface area contributed by atoms with Gasteiger partial charge in [0, 0.05) is 28.9 Å². The largest absolute Gasteiger partial charge is 0.496 e. The van der Waals surface area contributed by atoms with Crippen LogP contribution in [0.3, 0.4) is 0 Å². The van der Waals surface area contributed by atoms with Gasteiger partial charge in [0.2, 0.25) is 0 Å². The van der Waals surface area contributed by atoms with Crippen LogP contribution in [-0.2, 0) is 22.0 Å². The third-order valence-corrected chi connectivity index (χ3v) is 4.26. The number of rotatable bonds is 6. The molecule has 0 aliphatic carbocycles. The first-order valence-corrected chi connectivity index (χ1v) is 8.89. The summed E-state index contributed by atoms with van der Waals surface area (Å²) in [6, 6.07) is 7.60. The van der Waals surface area contributed by atoms with Crippen LogP contribution in [0.2, 0.25) is 0 Å². The van der Waals surface area contributed by atoms with Crippen molar-refractivity contribution in [3.63, 3.8) is 0 Å². The number of methoxy groups -OCH3 is 1. The van der Waals surface area contributed by atoms with Crippen molar-refractivity contribution >= 4 is 19.7 Å². The van der Waals surface area contributed by atoms with Crippen LogP contribution in [-0.4, -0.2) is 25.1 Å². The Morgan fingerprint density at radius 3 is 2.67 bits per heavy atom. The maximum atomic E-state index is 11.4. The Labute approximate surface area is 128 Å². The van der Waals surface area contributed by atoms with E-state index in [1.54, 1.807) is 11.7 Å². The molecule has 7 heteroatoms. The lowest BCUT2D eigenvalue weighted by Crippen LogP contribution is -2.05. The Balaban J connectivity index is 2.40. The number of aromatic nitrogens is 2. The van der Waals surface area contributed by atoms with Crippen molar-refractivity contribution in [2.75, 3.05) is 7.11 Å². The zero-order chi connectivity index (χ0) is 15.5. The van der Waals surface area contributed by atoms with Crippen molar-refractivity contribution in [3.05, 3.63) is 41.9 Å². The normalized spacial score (nSPS) is 11.6. The van der Waals surface area contributed by atoms with Gasteiger partial charge in [0.25, 0.3) is 9.05 Å². The summed E-state index contributed by atoms with van der Waals surface area (Å²) in [7, 11) is 3.16. The maximum absolute atomic E-state index is 11.4. The summed E-state index contributed by atoms with van der Waals surface area (Å²) in [4.78, 5) is 4.13. The predicted molar refractivity (Wildman–Crippen MR) is 81.4 cm³/mol. The predicted octanol–water partition coefficient (Wildman–Crippen LogP) is 2.82. The molecule has 2 aromatic rings. The number of benzene rings is 1. The van der Waals surface area contributed by atoms with E-state index in [1.807, 2.05) is 31.2 Å². The lowest BCUT2D eigenvalue weighted by molar-refractivity contribution is 0.408. The van der Waals surface area contributed by atoms with Gasteiger partial charge in [-0.25, -0.2) is 13.4 Å². The quantitative estimate of drug-likeness (QED) is 0.765. The molecule has 1 aromatic carbocycles. The SMILES string of the molecule is CCCc1nc(S(=O)(=O)Cl)cn1Cc1ccccc1OC. The molecule has 1 aromatic heterocycles. The van der Waals surface area contributed by atoms with E-state index < -0.39 is 9.05 Å². The van der Waals surface area contributed by atoms with Gasteiger partial charge in [0.1, 0.15) is 11.6 Å². The number of ether oxygens (including phenoxy) is 1. The summed E-state index contributed by atoms with van der Waals surface area (Å²) in [6.45, 7) is 2.50. The fourth-order valence-corrected chi connectivity index (χ4v) is 2.81. The number of imidazole rings is 1. The fourth-order valence-electron chi connectivity index (χ4n) is 2.12. The Morgan fingerprint density at radius 2 is 2.05 bits per heavy atom. The fraction of sp³-hybridized carbons (Fsp3) is 0.357. The smallest absolute Gasteiger partial charge is 0.280 e. The minimum Gasteiger partial charge on any atom is -0.496 e. The van der Waals surface area contributed by atoms with E-state index in [4.69, 9.17) is 15.4 Å². The minimum absolute atomic E-state index is 0.109. The molecular weight excluding hydrogens is 312 g/mol. The van der Waals surface area contributed by atoms with Gasteiger partial charge in [0.05, 0.1) is 13.7 Å². The molecule has 0 radical (unpaired) electrons. The van der Waals surface area contributed by atoms with Crippen LogP contribution in [0.1, 0.15) is 24.7 Å². The van der Waals surface area contributed by atoms with Gasteiger partial charge in [-0.05, 0) is 12.5 Å². The van der Waals surface area contributed by atoms with Crippen molar-refractivity contribution < 1.29 is 13.2 Å². The Morgan fingerprint density at radius 1 is 1.33 bits per heavy atom. The number of hydrogen-bond acceptors (Lipinski definition) is 4. The second kappa shape index (κ2) is 6.49. The summed E-state index contributed by atoms with van der Waals surface area (Å²) < 4.78 is 30.0. The van der Waals surface area contributed by atoms with Crippen LogP contribution in [0.15, 0.2) is 35.5 Å². The molecule has 0 saturated heterocycles. The molecule has 0 aliphatic heterocycles. The average molecular weight is 329 g/mol. The van der Waals surface area contributed by atoms with E-state index in [9.17, 15) is 8.42 Å². The van der Waals surface area contributed by atoms with Crippen LogP contribution < -0.4 is 4.74 Å². The molecule has 1 heterocycles. The van der Waals surface area contributed by atoms with E-state index in [0.29, 0.717) is 18.8 Å². The summed E-state index contributed by atoms with van der Waals surface area (Å²) in [5.41, 5.74) is 0.952. The Hall–Kier alpha value is -1.53. The second-order valence-corrected chi connectivity index (χ2v) is 7.14. The van der Waals surface area contributed by atoms with Crippen molar-refractivity contribution in [3.8, 4) is 5.75 Å². The van der Waals surface area contributed by atoms with Crippen molar-refractivity contribution in [1.82, 2.24) is 9.55 Å². The van der Waals surface area contributed by atoms with Crippen molar-refractivity contribution in [2.45, 2.75) is 31.3 Å². The summed E-state index contributed by atoms with van der Waals surface area (Å²) in [5, 5.41) is -0.109. The molecule has 21 heavy (non-hydrogen) atoms. The number of nitrogens with zero attached hydrogens (tertiary/aromatic N) is 2. The second-order valence-electron chi connectivity index (χ2n) is 4.62. The van der Waals surface area contributed by atoms with E-state index in [0.717, 1.165) is 17.7 Å². The van der Waals surface area contributed by atoms with E-state index in [2.05, 4.69) is 4.98 Å².